The zero-order chi connectivity index (χ0) is 29.6. The maximum absolute atomic E-state index is 13.6. The number of sulfonamides is 1. The summed E-state index contributed by atoms with van der Waals surface area (Å²) in [6, 6.07) is 22.2. The van der Waals surface area contributed by atoms with Gasteiger partial charge in [-0.05, 0) is 92.3 Å². The molecular weight excluding hydrogens is 540 g/mol. The summed E-state index contributed by atoms with van der Waals surface area (Å²) < 4.78 is 55.9. The van der Waals surface area contributed by atoms with Crippen LogP contribution in [-0.2, 0) is 10.0 Å². The predicted molar refractivity (Wildman–Crippen MR) is 163 cm³/mol. The average molecular weight is 584 g/mol. The van der Waals surface area contributed by atoms with Crippen molar-refractivity contribution < 1.29 is 17.2 Å². The van der Waals surface area contributed by atoms with Crippen LogP contribution in [0.3, 0.4) is 0 Å². The summed E-state index contributed by atoms with van der Waals surface area (Å²) in [6.07, 6.45) is 0.587. The maximum atomic E-state index is 13.6. The molecule has 0 saturated carbocycles. The van der Waals surface area contributed by atoms with Gasteiger partial charge in [-0.25, -0.2) is 17.2 Å². The Morgan fingerprint density at radius 3 is 2.37 bits per heavy atom. The number of benzene rings is 3. The van der Waals surface area contributed by atoms with Crippen molar-refractivity contribution in [1.82, 2.24) is 4.31 Å². The second-order valence-corrected chi connectivity index (χ2v) is 13.4. The second-order valence-electron chi connectivity index (χ2n) is 11.5. The second kappa shape index (κ2) is 13.9. The van der Waals surface area contributed by atoms with Crippen molar-refractivity contribution in [1.29, 1.82) is 0 Å². The molecule has 3 aromatic carbocycles. The van der Waals surface area contributed by atoms with Gasteiger partial charge in [0, 0.05) is 24.3 Å². The summed E-state index contributed by atoms with van der Waals surface area (Å²) >= 11 is 0. The number of nitrogens with one attached hydrogen (secondary N) is 1. The average Bonchev–Trinajstić information content (AvgIpc) is 2.96. The van der Waals surface area contributed by atoms with Gasteiger partial charge in [0.25, 0.3) is 6.43 Å². The molecule has 3 aromatic rings. The third-order valence-corrected chi connectivity index (χ3v) is 10.3. The highest BCUT2D eigenvalue weighted by Gasteiger charge is 2.36. The van der Waals surface area contributed by atoms with Crippen LogP contribution in [-0.4, -0.2) is 32.4 Å². The summed E-state index contributed by atoms with van der Waals surface area (Å²) in [5.41, 5.74) is 9.72. The Kier molecular flexibility index (Phi) is 10.6. The van der Waals surface area contributed by atoms with Gasteiger partial charge in [-0.1, -0.05) is 67.9 Å². The lowest BCUT2D eigenvalue weighted by molar-refractivity contribution is 0.151. The van der Waals surface area contributed by atoms with Crippen LogP contribution in [0.4, 0.5) is 14.5 Å². The zero-order valence-electron chi connectivity index (χ0n) is 24.3. The van der Waals surface area contributed by atoms with Gasteiger partial charge >= 0.3 is 0 Å². The molecule has 0 radical (unpaired) electrons. The number of hydrogen-bond acceptors (Lipinski definition) is 4. The van der Waals surface area contributed by atoms with Crippen molar-refractivity contribution in [2.45, 2.75) is 69.7 Å². The first-order chi connectivity index (χ1) is 19.6. The predicted octanol–water partition coefficient (Wildman–Crippen LogP) is 7.67. The SMILES string of the molecule is Cc1ccc(S(=O)(=O)N(CCCCN)CC(C)CCC2[C@H](C)c3cc(C(F)F)ccc3N[C@H]2c2ccccc2)cc1. The normalized spacial score (nSPS) is 19.7. The van der Waals surface area contributed by atoms with Crippen LogP contribution in [0.1, 0.15) is 80.2 Å². The van der Waals surface area contributed by atoms with Crippen LogP contribution in [0.5, 0.6) is 0 Å². The topological polar surface area (TPSA) is 75.4 Å². The highest BCUT2D eigenvalue weighted by molar-refractivity contribution is 7.89. The summed E-state index contributed by atoms with van der Waals surface area (Å²) in [5, 5.41) is 3.65. The summed E-state index contributed by atoms with van der Waals surface area (Å²) in [7, 11) is -3.64. The highest BCUT2D eigenvalue weighted by atomic mass is 32.2. The number of unbranched alkanes of at least 4 members (excludes halogenated alkanes) is 1. The standard InChI is InChI=1S/C33H43F2N3O2S/c1-23-11-15-28(16-12-23)41(39,40)38(20-8-7-19-36)22-24(2)13-17-29-25(3)30-21-27(33(34)35)14-18-31(30)37-32(29)26-9-5-4-6-10-26/h4-6,9-12,14-16,18,21,24-25,29,32-33,37H,7-8,13,17,19-20,22,36H2,1-3H3/t24?,25-,29?,32-/m0/s1. The van der Waals surface area contributed by atoms with E-state index < -0.39 is 16.4 Å². The maximum Gasteiger partial charge on any atom is 0.263 e. The van der Waals surface area contributed by atoms with Crippen molar-refractivity contribution in [3.63, 3.8) is 0 Å². The van der Waals surface area contributed by atoms with E-state index in [4.69, 9.17) is 5.73 Å². The summed E-state index contributed by atoms with van der Waals surface area (Å²) in [6.45, 7) is 7.53. The van der Waals surface area contributed by atoms with E-state index in [1.807, 2.05) is 37.3 Å². The molecule has 0 amide bonds. The molecule has 5 nitrogen and oxygen atoms in total. The molecule has 1 aliphatic heterocycles. The molecule has 222 valence electrons. The van der Waals surface area contributed by atoms with Crippen molar-refractivity contribution in [3.05, 3.63) is 95.1 Å². The molecule has 0 saturated heterocycles. The van der Waals surface area contributed by atoms with Crippen LogP contribution in [0.2, 0.25) is 0 Å². The van der Waals surface area contributed by atoms with E-state index in [1.54, 1.807) is 28.6 Å². The molecule has 4 rings (SSSR count). The van der Waals surface area contributed by atoms with Gasteiger partial charge in [-0.3, -0.25) is 0 Å². The number of fused-ring (bicyclic) bond motifs is 1. The van der Waals surface area contributed by atoms with Crippen LogP contribution < -0.4 is 11.1 Å². The van der Waals surface area contributed by atoms with Crippen LogP contribution >= 0.6 is 0 Å². The lowest BCUT2D eigenvalue weighted by Gasteiger charge is -2.40. The number of alkyl halides is 2. The van der Waals surface area contributed by atoms with Gasteiger partial charge < -0.3 is 11.1 Å². The Labute approximate surface area is 244 Å². The highest BCUT2D eigenvalue weighted by Crippen LogP contribution is 2.47. The minimum atomic E-state index is -3.64. The molecule has 0 bridgehead atoms. The van der Waals surface area contributed by atoms with Crippen molar-refractivity contribution in [2.75, 3.05) is 25.0 Å². The quantitative estimate of drug-likeness (QED) is 0.203. The number of aryl methyl sites for hydroxylation is 1. The number of nitrogens with zero attached hydrogens (tertiary/aromatic N) is 1. The molecule has 0 fully saturated rings. The van der Waals surface area contributed by atoms with E-state index in [1.165, 1.54) is 6.07 Å². The fourth-order valence-corrected chi connectivity index (χ4v) is 7.54. The third kappa shape index (κ3) is 7.53. The minimum Gasteiger partial charge on any atom is -0.378 e. The molecule has 41 heavy (non-hydrogen) atoms. The van der Waals surface area contributed by atoms with Crippen molar-refractivity contribution in [3.8, 4) is 0 Å². The fourth-order valence-electron chi connectivity index (χ4n) is 5.94. The molecule has 4 atom stereocenters. The Hall–Kier alpha value is -2.81. The van der Waals surface area contributed by atoms with E-state index in [0.717, 1.165) is 41.6 Å². The molecule has 3 N–H and O–H groups in total. The third-order valence-electron chi connectivity index (χ3n) is 8.39. The molecule has 1 heterocycles. The summed E-state index contributed by atoms with van der Waals surface area (Å²) in [5.74, 6) is 0.310. The first kappa shape index (κ1) is 31.1. The molecule has 0 aliphatic carbocycles. The van der Waals surface area contributed by atoms with E-state index in [9.17, 15) is 17.2 Å². The molecule has 8 heteroatoms. The van der Waals surface area contributed by atoms with Crippen LogP contribution in [0, 0.1) is 18.8 Å². The molecule has 1 aliphatic rings. The van der Waals surface area contributed by atoms with Gasteiger partial charge in [-0.2, -0.15) is 4.31 Å². The Morgan fingerprint density at radius 1 is 1.00 bits per heavy atom. The van der Waals surface area contributed by atoms with Crippen molar-refractivity contribution >= 4 is 15.7 Å². The van der Waals surface area contributed by atoms with Crippen LogP contribution in [0.25, 0.3) is 0 Å². The van der Waals surface area contributed by atoms with E-state index in [0.29, 0.717) is 31.0 Å². The van der Waals surface area contributed by atoms with Crippen molar-refractivity contribution in [2.24, 2.45) is 17.6 Å². The van der Waals surface area contributed by atoms with Crippen LogP contribution in [0.15, 0.2) is 77.7 Å². The fraction of sp³-hybridized carbons (Fsp3) is 0.455. The largest absolute Gasteiger partial charge is 0.378 e. The number of anilines is 1. The molecule has 0 aromatic heterocycles. The Balaban J connectivity index is 1.54. The van der Waals surface area contributed by atoms with Gasteiger partial charge in [0.15, 0.2) is 0 Å². The lowest BCUT2D eigenvalue weighted by atomic mass is 9.73. The van der Waals surface area contributed by atoms with Gasteiger partial charge in [0.2, 0.25) is 10.0 Å². The minimum absolute atomic E-state index is 0.0280. The zero-order valence-corrected chi connectivity index (χ0v) is 25.1. The first-order valence-electron chi connectivity index (χ1n) is 14.6. The summed E-state index contributed by atoms with van der Waals surface area (Å²) in [4.78, 5) is 0.309. The number of hydrogen-bond donors (Lipinski definition) is 2. The molecule has 2 unspecified atom stereocenters. The number of rotatable bonds is 13. The number of halogens is 2. The molecule has 0 spiro atoms. The monoisotopic (exact) mass is 583 g/mol. The Bertz CT molecular complexity index is 1370. The smallest absolute Gasteiger partial charge is 0.263 e. The lowest BCUT2D eigenvalue weighted by Crippen LogP contribution is -2.36. The van der Waals surface area contributed by atoms with E-state index in [2.05, 4.69) is 31.3 Å². The Morgan fingerprint density at radius 2 is 1.71 bits per heavy atom. The van der Waals surface area contributed by atoms with Gasteiger partial charge in [-0.15, -0.1) is 0 Å². The first-order valence-corrected chi connectivity index (χ1v) is 16.1. The van der Waals surface area contributed by atoms with E-state index >= 15 is 0 Å². The van der Waals surface area contributed by atoms with Gasteiger partial charge in [0.05, 0.1) is 10.9 Å². The van der Waals surface area contributed by atoms with Gasteiger partial charge in [0.1, 0.15) is 0 Å². The number of nitrogens with two attached hydrogens (primary N) is 1. The molecular formula is C33H43F2N3O2S. The van der Waals surface area contributed by atoms with E-state index in [-0.39, 0.29) is 29.4 Å².